The number of nitrogens with one attached hydrogen (secondary N) is 1. The monoisotopic (exact) mass is 371 g/mol. The zero-order valence-corrected chi connectivity index (χ0v) is 15.8. The molecule has 1 atom stereocenters. The van der Waals surface area contributed by atoms with Crippen molar-refractivity contribution in [3.05, 3.63) is 64.9 Å². The number of carbonyl (C=O) groups excluding carboxylic acids is 1. The Morgan fingerprint density at radius 2 is 1.77 bits per heavy atom. The van der Waals surface area contributed by atoms with E-state index in [2.05, 4.69) is 27.3 Å². The highest BCUT2D eigenvalue weighted by atomic mass is 35.5. The minimum absolute atomic E-state index is 0.0952. The van der Waals surface area contributed by atoms with Crippen LogP contribution in [0.1, 0.15) is 42.9 Å². The molecule has 0 bridgehead atoms. The molecule has 0 radical (unpaired) electrons. The van der Waals surface area contributed by atoms with Crippen LogP contribution in [0.25, 0.3) is 0 Å². The second kappa shape index (κ2) is 9.70. The van der Waals surface area contributed by atoms with Crippen LogP contribution in [0.15, 0.2) is 48.8 Å². The lowest BCUT2D eigenvalue weighted by atomic mass is 10.0. The fourth-order valence-corrected chi connectivity index (χ4v) is 3.60. The lowest BCUT2D eigenvalue weighted by Crippen LogP contribution is -2.40. The molecule has 26 heavy (non-hydrogen) atoms. The zero-order valence-electron chi connectivity index (χ0n) is 15.0. The molecule has 1 amide bonds. The van der Waals surface area contributed by atoms with Crippen molar-refractivity contribution in [2.45, 2.75) is 38.1 Å². The molecule has 1 saturated heterocycles. The molecule has 0 spiro atoms. The maximum absolute atomic E-state index is 12.3. The van der Waals surface area contributed by atoms with Crippen molar-refractivity contribution in [1.82, 2.24) is 15.2 Å². The minimum Gasteiger partial charge on any atom is -0.354 e. The molecular weight excluding hydrogens is 346 g/mol. The molecule has 138 valence electrons. The van der Waals surface area contributed by atoms with E-state index < -0.39 is 0 Å². The van der Waals surface area contributed by atoms with Crippen LogP contribution in [-0.2, 0) is 11.2 Å². The first-order chi connectivity index (χ1) is 12.7. The van der Waals surface area contributed by atoms with Gasteiger partial charge in [-0.1, -0.05) is 30.2 Å². The number of rotatable bonds is 7. The van der Waals surface area contributed by atoms with Crippen molar-refractivity contribution in [3.63, 3.8) is 0 Å². The highest BCUT2D eigenvalue weighted by Crippen LogP contribution is 2.25. The van der Waals surface area contributed by atoms with Gasteiger partial charge in [-0.2, -0.15) is 0 Å². The van der Waals surface area contributed by atoms with E-state index in [0.29, 0.717) is 13.0 Å². The number of carbonyl (C=O) groups is 1. The van der Waals surface area contributed by atoms with Crippen LogP contribution in [0, 0.1) is 0 Å². The molecule has 1 aromatic heterocycles. The highest BCUT2D eigenvalue weighted by molar-refractivity contribution is 6.30. The standard InChI is InChI=1S/C21H26ClN3O/c22-19-7-5-18(6-8-19)20(25-14-2-1-3-15-25)16-24-21(26)9-4-17-10-12-23-13-11-17/h5-8,10-13,20H,1-4,9,14-16H2,(H,24,26)/t20-/m0/s1. The van der Waals surface area contributed by atoms with Gasteiger partial charge in [0.05, 0.1) is 6.04 Å². The number of amides is 1. The predicted molar refractivity (Wildman–Crippen MR) is 105 cm³/mol. The lowest BCUT2D eigenvalue weighted by Gasteiger charge is -2.35. The van der Waals surface area contributed by atoms with Gasteiger partial charge in [-0.05, 0) is 67.7 Å². The first kappa shape index (κ1) is 18.9. The first-order valence-corrected chi connectivity index (χ1v) is 9.75. The number of likely N-dealkylation sites (tertiary alicyclic amines) is 1. The number of aromatic nitrogens is 1. The molecule has 0 aliphatic carbocycles. The minimum atomic E-state index is 0.0952. The lowest BCUT2D eigenvalue weighted by molar-refractivity contribution is -0.121. The van der Waals surface area contributed by atoms with Crippen LogP contribution in [0.2, 0.25) is 5.02 Å². The first-order valence-electron chi connectivity index (χ1n) is 9.37. The third-order valence-corrected chi connectivity index (χ3v) is 5.22. The normalized spacial score (nSPS) is 16.2. The van der Waals surface area contributed by atoms with E-state index in [-0.39, 0.29) is 11.9 Å². The topological polar surface area (TPSA) is 45.2 Å². The van der Waals surface area contributed by atoms with Crippen molar-refractivity contribution in [2.24, 2.45) is 0 Å². The molecule has 1 aliphatic heterocycles. The largest absolute Gasteiger partial charge is 0.354 e. The number of nitrogens with zero attached hydrogens (tertiary/aromatic N) is 2. The van der Waals surface area contributed by atoms with Gasteiger partial charge in [-0.25, -0.2) is 0 Å². The van der Waals surface area contributed by atoms with Crippen LogP contribution < -0.4 is 5.32 Å². The SMILES string of the molecule is O=C(CCc1ccncc1)NC[C@@H](c1ccc(Cl)cc1)N1CCCCC1. The fraction of sp³-hybridized carbons (Fsp3) is 0.429. The Balaban J connectivity index is 1.58. The fourth-order valence-electron chi connectivity index (χ4n) is 3.48. The van der Waals surface area contributed by atoms with Crippen LogP contribution in [-0.4, -0.2) is 35.4 Å². The molecule has 1 aromatic carbocycles. The average Bonchev–Trinajstić information content (AvgIpc) is 2.69. The smallest absolute Gasteiger partial charge is 0.220 e. The maximum atomic E-state index is 12.3. The van der Waals surface area contributed by atoms with Gasteiger partial charge >= 0.3 is 0 Å². The van der Waals surface area contributed by atoms with Gasteiger partial charge < -0.3 is 5.32 Å². The van der Waals surface area contributed by atoms with E-state index in [4.69, 9.17) is 11.6 Å². The molecule has 2 aromatic rings. The summed E-state index contributed by atoms with van der Waals surface area (Å²) < 4.78 is 0. The summed E-state index contributed by atoms with van der Waals surface area (Å²) in [5, 5.41) is 3.88. The van der Waals surface area contributed by atoms with Crippen LogP contribution in [0.5, 0.6) is 0 Å². The van der Waals surface area contributed by atoms with Crippen molar-refractivity contribution in [1.29, 1.82) is 0 Å². The summed E-state index contributed by atoms with van der Waals surface area (Å²) in [5.74, 6) is 0.0952. The molecular formula is C21H26ClN3O. The third-order valence-electron chi connectivity index (χ3n) is 4.97. The number of pyridine rings is 1. The number of benzene rings is 1. The van der Waals surface area contributed by atoms with E-state index in [1.807, 2.05) is 24.3 Å². The van der Waals surface area contributed by atoms with Gasteiger partial charge in [0, 0.05) is 30.4 Å². The number of hydrogen-bond acceptors (Lipinski definition) is 3. The third kappa shape index (κ3) is 5.55. The summed E-state index contributed by atoms with van der Waals surface area (Å²) >= 11 is 6.04. The quantitative estimate of drug-likeness (QED) is 0.799. The molecule has 0 unspecified atom stereocenters. The number of hydrogen-bond donors (Lipinski definition) is 1. The van der Waals surface area contributed by atoms with Crippen LogP contribution >= 0.6 is 11.6 Å². The second-order valence-electron chi connectivity index (χ2n) is 6.82. The number of halogens is 1. The summed E-state index contributed by atoms with van der Waals surface area (Å²) in [6.07, 6.45) is 8.50. The van der Waals surface area contributed by atoms with Gasteiger partial charge in [0.25, 0.3) is 0 Å². The molecule has 4 nitrogen and oxygen atoms in total. The summed E-state index contributed by atoms with van der Waals surface area (Å²) in [6.45, 7) is 2.80. The van der Waals surface area contributed by atoms with Crippen molar-refractivity contribution in [2.75, 3.05) is 19.6 Å². The number of aryl methyl sites for hydroxylation is 1. The van der Waals surface area contributed by atoms with Crippen molar-refractivity contribution in [3.8, 4) is 0 Å². The molecule has 1 aliphatic rings. The van der Waals surface area contributed by atoms with Gasteiger partial charge in [0.1, 0.15) is 0 Å². The summed E-state index contributed by atoms with van der Waals surface area (Å²) in [7, 11) is 0. The molecule has 5 heteroatoms. The number of piperidine rings is 1. The predicted octanol–water partition coefficient (Wildman–Crippen LogP) is 4.01. The van der Waals surface area contributed by atoms with E-state index in [1.165, 1.54) is 24.8 Å². The Morgan fingerprint density at radius 3 is 2.46 bits per heavy atom. The Hall–Kier alpha value is -1.91. The Morgan fingerprint density at radius 1 is 1.08 bits per heavy atom. The van der Waals surface area contributed by atoms with Crippen molar-refractivity contribution >= 4 is 17.5 Å². The van der Waals surface area contributed by atoms with Crippen LogP contribution in [0.4, 0.5) is 0 Å². The molecule has 1 fully saturated rings. The van der Waals surface area contributed by atoms with Gasteiger partial charge in [-0.3, -0.25) is 14.7 Å². The van der Waals surface area contributed by atoms with E-state index in [9.17, 15) is 4.79 Å². The van der Waals surface area contributed by atoms with Crippen molar-refractivity contribution < 1.29 is 4.79 Å². The molecule has 3 rings (SSSR count). The molecule has 1 N–H and O–H groups in total. The van der Waals surface area contributed by atoms with Gasteiger partial charge in [0.2, 0.25) is 5.91 Å². The second-order valence-corrected chi connectivity index (χ2v) is 7.26. The summed E-state index contributed by atoms with van der Waals surface area (Å²) in [4.78, 5) is 18.8. The highest BCUT2D eigenvalue weighted by Gasteiger charge is 2.22. The van der Waals surface area contributed by atoms with E-state index >= 15 is 0 Å². The Labute approximate surface area is 160 Å². The average molecular weight is 372 g/mol. The molecule has 0 saturated carbocycles. The summed E-state index contributed by atoms with van der Waals surface area (Å²) in [5.41, 5.74) is 2.35. The van der Waals surface area contributed by atoms with E-state index in [0.717, 1.165) is 30.1 Å². The zero-order chi connectivity index (χ0) is 18.2. The molecule has 2 heterocycles. The van der Waals surface area contributed by atoms with Crippen LogP contribution in [0.3, 0.4) is 0 Å². The Kier molecular flexibility index (Phi) is 7.04. The summed E-state index contributed by atoms with van der Waals surface area (Å²) in [6, 6.07) is 12.1. The Bertz CT molecular complexity index is 684. The maximum Gasteiger partial charge on any atom is 0.220 e. The van der Waals surface area contributed by atoms with Gasteiger partial charge in [0.15, 0.2) is 0 Å². The van der Waals surface area contributed by atoms with E-state index in [1.54, 1.807) is 12.4 Å². The van der Waals surface area contributed by atoms with Gasteiger partial charge in [-0.15, -0.1) is 0 Å².